The number of carbonyl (C=O) groups is 3. The van der Waals surface area contributed by atoms with Crippen LogP contribution in [0.5, 0.6) is 0 Å². The van der Waals surface area contributed by atoms with E-state index >= 15 is 0 Å². The van der Waals surface area contributed by atoms with Gasteiger partial charge in [-0.05, 0) is 47.0 Å². The van der Waals surface area contributed by atoms with E-state index in [-0.39, 0.29) is 36.2 Å². The molecule has 3 N–H and O–H groups in total. The van der Waals surface area contributed by atoms with Gasteiger partial charge in [-0.2, -0.15) is 0 Å². The maximum absolute atomic E-state index is 12.0. The molecule has 0 aromatic carbocycles. The molecule has 0 aliphatic heterocycles. The molecule has 0 aromatic heterocycles. The van der Waals surface area contributed by atoms with Crippen LogP contribution in [0.4, 0.5) is 0 Å². The molecule has 8 heteroatoms. The highest BCUT2D eigenvalue weighted by molar-refractivity contribution is 5.85. The van der Waals surface area contributed by atoms with E-state index < -0.39 is 17.6 Å². The van der Waals surface area contributed by atoms with E-state index in [2.05, 4.69) is 10.6 Å². The van der Waals surface area contributed by atoms with Crippen LogP contribution in [-0.2, 0) is 23.9 Å². The average Bonchev–Trinajstić information content (AvgIpc) is 2.73. The highest BCUT2D eigenvalue weighted by Gasteiger charge is 2.24. The molecule has 0 radical (unpaired) electrons. The van der Waals surface area contributed by atoms with Crippen LogP contribution in [0.1, 0.15) is 94.9 Å². The maximum Gasteiger partial charge on any atom is 0.326 e. The lowest BCUT2D eigenvalue weighted by Crippen LogP contribution is -2.43. The van der Waals surface area contributed by atoms with E-state index in [0.717, 1.165) is 6.42 Å². The molecular formula is C24H50N2O6. The van der Waals surface area contributed by atoms with Gasteiger partial charge in [0.1, 0.15) is 6.04 Å². The molecular weight excluding hydrogens is 412 g/mol. The van der Waals surface area contributed by atoms with Crippen LogP contribution in [0.15, 0.2) is 0 Å². The Kier molecular flexibility index (Phi) is 20.6. The number of hydrogen-bond donors (Lipinski definition) is 3. The van der Waals surface area contributed by atoms with Gasteiger partial charge in [-0.15, -0.1) is 0 Å². The quantitative estimate of drug-likeness (QED) is 0.357. The molecule has 2 amide bonds. The summed E-state index contributed by atoms with van der Waals surface area (Å²) < 4.78 is 11.2. The lowest BCUT2D eigenvalue weighted by Gasteiger charge is -2.29. The Bertz CT molecular complexity index is 519. The Morgan fingerprint density at radius 2 is 1.47 bits per heavy atom. The molecule has 192 valence electrons. The summed E-state index contributed by atoms with van der Waals surface area (Å²) in [6, 6.07) is -1.07. The number of ether oxygens (including phenoxy) is 2. The summed E-state index contributed by atoms with van der Waals surface area (Å²) in [5.74, 6) is -2.05. The van der Waals surface area contributed by atoms with Gasteiger partial charge in [0.05, 0.1) is 17.8 Å². The van der Waals surface area contributed by atoms with Crippen molar-refractivity contribution in [2.24, 2.45) is 5.92 Å². The summed E-state index contributed by atoms with van der Waals surface area (Å²) in [4.78, 5) is 34.9. The van der Waals surface area contributed by atoms with Crippen molar-refractivity contribution in [3.05, 3.63) is 0 Å². The maximum atomic E-state index is 12.0. The summed E-state index contributed by atoms with van der Waals surface area (Å²) in [6.45, 7) is 20.3. The number of rotatable bonds is 14. The van der Waals surface area contributed by atoms with Crippen LogP contribution in [0, 0.1) is 5.92 Å². The number of carboxylic acids is 1. The van der Waals surface area contributed by atoms with Crippen molar-refractivity contribution in [1.29, 1.82) is 0 Å². The van der Waals surface area contributed by atoms with Crippen molar-refractivity contribution < 1.29 is 29.0 Å². The second kappa shape index (κ2) is 18.9. The van der Waals surface area contributed by atoms with Gasteiger partial charge in [-0.3, -0.25) is 9.59 Å². The lowest BCUT2D eigenvalue weighted by molar-refractivity contribution is -0.142. The van der Waals surface area contributed by atoms with E-state index in [1.807, 2.05) is 55.4 Å². The minimum atomic E-state index is -1.14. The van der Waals surface area contributed by atoms with Gasteiger partial charge < -0.3 is 25.2 Å². The van der Waals surface area contributed by atoms with Crippen LogP contribution >= 0.6 is 0 Å². The van der Waals surface area contributed by atoms with E-state index in [4.69, 9.17) is 9.47 Å². The molecule has 32 heavy (non-hydrogen) atoms. The number of carboxylic acid groups (broad SMARTS) is 1. The first-order valence-corrected chi connectivity index (χ1v) is 11.8. The minimum absolute atomic E-state index is 0.0264. The molecule has 0 aromatic rings. The molecule has 0 fully saturated rings. The lowest BCUT2D eigenvalue weighted by atomic mass is 10.0. The highest BCUT2D eigenvalue weighted by atomic mass is 16.5. The number of nitrogens with one attached hydrogen (secondary N) is 2. The highest BCUT2D eigenvalue weighted by Crippen LogP contribution is 2.18. The Morgan fingerprint density at radius 3 is 1.91 bits per heavy atom. The van der Waals surface area contributed by atoms with E-state index in [1.54, 1.807) is 21.0 Å². The zero-order valence-corrected chi connectivity index (χ0v) is 22.4. The van der Waals surface area contributed by atoms with Crippen molar-refractivity contribution in [3.63, 3.8) is 0 Å². The molecule has 1 unspecified atom stereocenters. The second-order valence-electron chi connectivity index (χ2n) is 8.51. The smallest absolute Gasteiger partial charge is 0.326 e. The molecule has 0 saturated carbocycles. The predicted molar refractivity (Wildman–Crippen MR) is 130 cm³/mol. The van der Waals surface area contributed by atoms with Crippen LogP contribution in [-0.4, -0.2) is 60.4 Å². The van der Waals surface area contributed by atoms with Crippen LogP contribution in [0.25, 0.3) is 0 Å². The van der Waals surface area contributed by atoms with Crippen molar-refractivity contribution in [1.82, 2.24) is 10.6 Å². The monoisotopic (exact) mass is 462 g/mol. The molecule has 0 heterocycles. The number of amides is 2. The fourth-order valence-corrected chi connectivity index (χ4v) is 2.21. The van der Waals surface area contributed by atoms with E-state index in [9.17, 15) is 19.5 Å². The van der Waals surface area contributed by atoms with Crippen molar-refractivity contribution in [2.75, 3.05) is 20.3 Å². The van der Waals surface area contributed by atoms with Gasteiger partial charge in [0.25, 0.3) is 0 Å². The standard InChI is InChI=1S/C20H38N2O6.2C2H6/c1-14(2)17(24)22-15(18(25)26)8-9-16(23)21-12-10-20(5,6)28-13-11-19(3,4)27-7;2*1-2/h14-15H,8-13H2,1-7H3,(H,21,23)(H,22,24)(H,25,26);2*1-2H3. The zero-order chi connectivity index (χ0) is 26.0. The average molecular weight is 463 g/mol. The first-order chi connectivity index (χ1) is 14.8. The predicted octanol–water partition coefficient (Wildman–Crippen LogP) is 4.16. The van der Waals surface area contributed by atoms with E-state index in [1.165, 1.54) is 0 Å². The van der Waals surface area contributed by atoms with Gasteiger partial charge >= 0.3 is 5.97 Å². The topological polar surface area (TPSA) is 114 Å². The third-order valence-electron chi connectivity index (χ3n) is 4.60. The fourth-order valence-electron chi connectivity index (χ4n) is 2.21. The SMILES string of the molecule is CC.CC.COC(C)(C)CCOC(C)(C)CCNC(=O)CCC(NC(=O)C(C)C)C(=O)O. The summed E-state index contributed by atoms with van der Waals surface area (Å²) in [5, 5.41) is 14.4. The molecule has 0 aliphatic carbocycles. The van der Waals surface area contributed by atoms with Gasteiger partial charge in [0, 0.05) is 26.0 Å². The largest absolute Gasteiger partial charge is 0.480 e. The molecule has 1 atom stereocenters. The third kappa shape index (κ3) is 19.0. The summed E-state index contributed by atoms with van der Waals surface area (Å²) in [7, 11) is 1.67. The van der Waals surface area contributed by atoms with Crippen LogP contribution < -0.4 is 10.6 Å². The molecule has 0 rings (SSSR count). The Morgan fingerprint density at radius 1 is 0.938 bits per heavy atom. The first-order valence-electron chi connectivity index (χ1n) is 11.8. The van der Waals surface area contributed by atoms with E-state index in [0.29, 0.717) is 19.6 Å². The first kappa shape index (κ1) is 34.9. The Hall–Kier alpha value is -1.67. The van der Waals surface area contributed by atoms with Crippen molar-refractivity contribution in [2.45, 2.75) is 112 Å². The molecule has 8 nitrogen and oxygen atoms in total. The van der Waals surface area contributed by atoms with Gasteiger partial charge in [0.2, 0.25) is 11.8 Å². The Balaban J connectivity index is -0.00000198. The molecule has 0 spiro atoms. The number of carbonyl (C=O) groups excluding carboxylic acids is 2. The molecule has 0 saturated heterocycles. The van der Waals surface area contributed by atoms with Crippen LogP contribution in [0.2, 0.25) is 0 Å². The fraction of sp³-hybridized carbons (Fsp3) is 0.875. The minimum Gasteiger partial charge on any atom is -0.480 e. The third-order valence-corrected chi connectivity index (χ3v) is 4.60. The number of hydrogen-bond acceptors (Lipinski definition) is 5. The van der Waals surface area contributed by atoms with Crippen molar-refractivity contribution >= 4 is 17.8 Å². The molecule has 0 bridgehead atoms. The van der Waals surface area contributed by atoms with Gasteiger partial charge in [0.15, 0.2) is 0 Å². The Labute approximate surface area is 196 Å². The van der Waals surface area contributed by atoms with Crippen molar-refractivity contribution in [3.8, 4) is 0 Å². The van der Waals surface area contributed by atoms with Crippen LogP contribution in [0.3, 0.4) is 0 Å². The second-order valence-corrected chi connectivity index (χ2v) is 8.51. The summed E-state index contributed by atoms with van der Waals surface area (Å²) in [5.41, 5.74) is -0.637. The number of aliphatic carboxylic acids is 1. The summed E-state index contributed by atoms with van der Waals surface area (Å²) in [6.07, 6.45) is 1.46. The van der Waals surface area contributed by atoms with Gasteiger partial charge in [-0.1, -0.05) is 41.5 Å². The summed E-state index contributed by atoms with van der Waals surface area (Å²) >= 11 is 0. The number of methoxy groups -OCH3 is 1. The molecule has 0 aliphatic rings. The zero-order valence-electron chi connectivity index (χ0n) is 22.4. The normalized spacial score (nSPS) is 12.0. The van der Waals surface area contributed by atoms with Gasteiger partial charge in [-0.25, -0.2) is 4.79 Å².